The maximum atomic E-state index is 12.7. The summed E-state index contributed by atoms with van der Waals surface area (Å²) in [5.41, 5.74) is 5.92. The van der Waals surface area contributed by atoms with Crippen LogP contribution in [0.1, 0.15) is 47.3 Å². The van der Waals surface area contributed by atoms with E-state index in [-0.39, 0.29) is 11.8 Å². The minimum absolute atomic E-state index is 0.0235. The lowest BCUT2D eigenvalue weighted by molar-refractivity contribution is -0.192. The zero-order valence-corrected chi connectivity index (χ0v) is 17.8. The Balaban J connectivity index is 0.000000289. The summed E-state index contributed by atoms with van der Waals surface area (Å²) in [6.07, 6.45) is 0.651. The molecule has 1 saturated heterocycles. The lowest BCUT2D eigenvalue weighted by atomic mass is 9.91. The van der Waals surface area contributed by atoms with E-state index in [1.807, 2.05) is 12.3 Å². The zero-order valence-electron chi connectivity index (χ0n) is 16.2. The Morgan fingerprint density at radius 3 is 2.48 bits per heavy atom. The number of halogens is 4. The number of nitrogens with zero attached hydrogens (tertiary/aromatic N) is 1. The maximum absolute atomic E-state index is 12.7. The van der Waals surface area contributed by atoms with Gasteiger partial charge in [-0.25, -0.2) is 4.79 Å². The van der Waals surface area contributed by atoms with E-state index in [1.54, 1.807) is 0 Å². The highest BCUT2D eigenvalue weighted by Gasteiger charge is 2.38. The lowest BCUT2D eigenvalue weighted by Crippen LogP contribution is -2.23. The normalized spacial score (nSPS) is 22.9. The van der Waals surface area contributed by atoms with Crippen LogP contribution >= 0.6 is 15.9 Å². The first-order valence-electron chi connectivity index (χ1n) is 9.76. The van der Waals surface area contributed by atoms with Gasteiger partial charge in [0.25, 0.3) is 0 Å². The molecule has 1 amide bonds. The molecule has 1 aliphatic carbocycles. The van der Waals surface area contributed by atoms with Gasteiger partial charge in [0.15, 0.2) is 0 Å². The molecule has 0 spiro atoms. The molecule has 2 aromatic rings. The standard InChI is InChI=1S/C19H18BrN3O.C2HF3O2/c20-12-6-10-5-11(7-18(10)21-9-12)19(24)22-13-1-2-14-15(8-13)17-4-3-16(14)23-17;3-2(4,5)1(6)7/h1-2,6,8-9,11,16-17,23H,3-5,7H2,(H,22,24);(H,6,7). The van der Waals surface area contributed by atoms with Crippen molar-refractivity contribution in [1.82, 2.24) is 10.3 Å². The number of alkyl halides is 3. The van der Waals surface area contributed by atoms with E-state index >= 15 is 0 Å². The number of fused-ring (bicyclic) bond motifs is 6. The molecule has 1 aromatic carbocycles. The molecule has 3 atom stereocenters. The molecule has 3 N–H and O–H groups in total. The van der Waals surface area contributed by atoms with E-state index in [0.29, 0.717) is 12.1 Å². The van der Waals surface area contributed by atoms with Crippen LogP contribution in [0.15, 0.2) is 34.9 Å². The van der Waals surface area contributed by atoms with E-state index in [0.717, 1.165) is 28.7 Å². The number of aromatic nitrogens is 1. The quantitative estimate of drug-likeness (QED) is 0.574. The van der Waals surface area contributed by atoms with Crippen molar-refractivity contribution in [1.29, 1.82) is 0 Å². The van der Waals surface area contributed by atoms with Crippen LogP contribution in [-0.2, 0) is 22.4 Å². The number of carbonyl (C=O) groups excluding carboxylic acids is 1. The number of pyridine rings is 1. The van der Waals surface area contributed by atoms with E-state index in [9.17, 15) is 18.0 Å². The Labute approximate surface area is 184 Å². The first-order chi connectivity index (χ1) is 14.6. The molecule has 1 fully saturated rings. The number of rotatable bonds is 2. The summed E-state index contributed by atoms with van der Waals surface area (Å²) in [4.78, 5) is 26.0. The number of hydrogen-bond acceptors (Lipinski definition) is 4. The molecule has 6 nitrogen and oxygen atoms in total. The highest BCUT2D eigenvalue weighted by atomic mass is 79.9. The van der Waals surface area contributed by atoms with Gasteiger partial charge in [0.2, 0.25) is 5.91 Å². The highest BCUT2D eigenvalue weighted by molar-refractivity contribution is 9.10. The lowest BCUT2D eigenvalue weighted by Gasteiger charge is -2.16. The SMILES string of the molecule is O=C(Nc1ccc2c(c1)C1CCC2N1)C1Cc2cc(Br)cnc2C1.O=C(O)C(F)(F)F. The van der Waals surface area contributed by atoms with Gasteiger partial charge in [-0.05, 0) is 70.1 Å². The van der Waals surface area contributed by atoms with Crippen LogP contribution in [0.3, 0.4) is 0 Å². The molecule has 31 heavy (non-hydrogen) atoms. The van der Waals surface area contributed by atoms with Crippen molar-refractivity contribution in [2.24, 2.45) is 5.92 Å². The Morgan fingerprint density at radius 2 is 1.81 bits per heavy atom. The minimum atomic E-state index is -5.08. The first-order valence-corrected chi connectivity index (χ1v) is 10.6. The number of carbonyl (C=O) groups is 2. The van der Waals surface area contributed by atoms with E-state index in [4.69, 9.17) is 9.90 Å². The molecule has 3 aliphatic rings. The maximum Gasteiger partial charge on any atom is 0.490 e. The monoisotopic (exact) mass is 497 g/mol. The number of anilines is 1. The second-order valence-electron chi connectivity index (χ2n) is 7.85. The van der Waals surface area contributed by atoms with Crippen LogP contribution < -0.4 is 10.6 Å². The third-order valence-corrected chi connectivity index (χ3v) is 6.23. The van der Waals surface area contributed by atoms with Crippen LogP contribution in [0, 0.1) is 5.92 Å². The predicted molar refractivity (Wildman–Crippen MR) is 109 cm³/mol. The van der Waals surface area contributed by atoms with Crippen molar-refractivity contribution >= 4 is 33.5 Å². The van der Waals surface area contributed by atoms with Gasteiger partial charge >= 0.3 is 12.1 Å². The van der Waals surface area contributed by atoms with Crippen molar-refractivity contribution in [3.8, 4) is 0 Å². The fourth-order valence-electron chi connectivity index (χ4n) is 4.38. The van der Waals surface area contributed by atoms with Crippen molar-refractivity contribution in [3.63, 3.8) is 0 Å². The predicted octanol–water partition coefficient (Wildman–Crippen LogP) is 4.31. The van der Waals surface area contributed by atoms with Gasteiger partial charge in [0.05, 0.1) is 0 Å². The Bertz CT molecular complexity index is 1040. The van der Waals surface area contributed by atoms with Gasteiger partial charge in [-0.1, -0.05) is 6.07 Å². The van der Waals surface area contributed by atoms with Gasteiger partial charge in [-0.2, -0.15) is 13.2 Å². The fourth-order valence-corrected chi connectivity index (χ4v) is 4.75. The summed E-state index contributed by atoms with van der Waals surface area (Å²) in [5, 5.41) is 13.9. The van der Waals surface area contributed by atoms with Gasteiger partial charge in [0.1, 0.15) is 0 Å². The topological polar surface area (TPSA) is 91.3 Å². The van der Waals surface area contributed by atoms with Crippen LogP contribution in [0.4, 0.5) is 18.9 Å². The summed E-state index contributed by atoms with van der Waals surface area (Å²) in [7, 11) is 0. The van der Waals surface area contributed by atoms with Crippen molar-refractivity contribution in [2.75, 3.05) is 5.32 Å². The molecule has 2 aliphatic heterocycles. The molecule has 164 valence electrons. The van der Waals surface area contributed by atoms with Crippen LogP contribution in [0.5, 0.6) is 0 Å². The van der Waals surface area contributed by atoms with Crippen molar-refractivity contribution in [2.45, 2.75) is 43.9 Å². The van der Waals surface area contributed by atoms with E-state index in [1.165, 1.54) is 29.5 Å². The molecule has 1 aromatic heterocycles. The summed E-state index contributed by atoms with van der Waals surface area (Å²) < 4.78 is 32.7. The fraction of sp³-hybridized carbons (Fsp3) is 0.381. The van der Waals surface area contributed by atoms with Crippen molar-refractivity contribution in [3.05, 3.63) is 57.3 Å². The average molecular weight is 498 g/mol. The number of aliphatic carboxylic acids is 1. The molecule has 2 bridgehead atoms. The van der Waals surface area contributed by atoms with E-state index < -0.39 is 12.1 Å². The van der Waals surface area contributed by atoms with Crippen LogP contribution in [-0.4, -0.2) is 28.1 Å². The average Bonchev–Trinajstić information content (AvgIpc) is 3.42. The molecular weight excluding hydrogens is 479 g/mol. The molecule has 0 saturated carbocycles. The Kier molecular flexibility index (Phi) is 5.78. The Hall–Kier alpha value is -2.46. The number of benzene rings is 1. The minimum Gasteiger partial charge on any atom is -0.475 e. The summed E-state index contributed by atoms with van der Waals surface area (Å²) in [5.74, 6) is -2.68. The number of carboxylic acids is 1. The number of hydrogen-bond donors (Lipinski definition) is 3. The molecule has 0 radical (unpaired) electrons. The second-order valence-corrected chi connectivity index (χ2v) is 8.77. The number of carboxylic acid groups (broad SMARTS) is 1. The third kappa shape index (κ3) is 4.59. The van der Waals surface area contributed by atoms with Gasteiger partial charge < -0.3 is 15.7 Å². The summed E-state index contributed by atoms with van der Waals surface area (Å²) in [6.45, 7) is 0. The smallest absolute Gasteiger partial charge is 0.475 e. The van der Waals surface area contributed by atoms with E-state index in [2.05, 4.69) is 49.7 Å². The first kappa shape index (κ1) is 21.8. The van der Waals surface area contributed by atoms with Gasteiger partial charge in [-0.15, -0.1) is 0 Å². The summed E-state index contributed by atoms with van der Waals surface area (Å²) in [6, 6.07) is 9.43. The van der Waals surface area contributed by atoms with Crippen LogP contribution in [0.25, 0.3) is 0 Å². The molecule has 3 unspecified atom stereocenters. The molecule has 3 heterocycles. The number of nitrogens with one attached hydrogen (secondary N) is 2. The summed E-state index contributed by atoms with van der Waals surface area (Å²) >= 11 is 3.45. The van der Waals surface area contributed by atoms with Gasteiger partial charge in [-0.3, -0.25) is 9.78 Å². The molecule has 5 rings (SSSR count). The highest BCUT2D eigenvalue weighted by Crippen LogP contribution is 2.45. The zero-order chi connectivity index (χ0) is 22.3. The Morgan fingerprint density at radius 1 is 1.13 bits per heavy atom. The third-order valence-electron chi connectivity index (χ3n) is 5.80. The van der Waals surface area contributed by atoms with Crippen LogP contribution in [0.2, 0.25) is 0 Å². The molecule has 10 heteroatoms. The van der Waals surface area contributed by atoms with Gasteiger partial charge in [0, 0.05) is 46.5 Å². The second kappa shape index (κ2) is 8.23. The number of amides is 1. The van der Waals surface area contributed by atoms with Crippen molar-refractivity contribution < 1.29 is 27.9 Å². The molecular formula is C21H19BrF3N3O3. The largest absolute Gasteiger partial charge is 0.490 e.